The first kappa shape index (κ1) is 13.7. The maximum absolute atomic E-state index is 14.1. The summed E-state index contributed by atoms with van der Waals surface area (Å²) in [5.74, 6) is 0.0361. The molecule has 0 unspecified atom stereocenters. The Labute approximate surface area is 128 Å². The van der Waals surface area contributed by atoms with Crippen LogP contribution in [0.1, 0.15) is 5.56 Å². The van der Waals surface area contributed by atoms with Crippen molar-refractivity contribution >= 4 is 21.6 Å². The van der Waals surface area contributed by atoms with Crippen LogP contribution in [0.15, 0.2) is 40.9 Å². The Bertz CT molecular complexity index is 795. The lowest BCUT2D eigenvalue weighted by atomic mass is 10.1. The van der Waals surface area contributed by atoms with E-state index in [1.54, 1.807) is 24.3 Å². The highest BCUT2D eigenvalue weighted by Gasteiger charge is 2.17. The van der Waals surface area contributed by atoms with E-state index in [0.717, 1.165) is 11.1 Å². The fraction of sp³-hybridized carbons (Fsp3) is 0.0714. The molecule has 3 rings (SSSR count). The minimum absolute atomic E-state index is 0.270. The molecule has 0 aliphatic rings. The second kappa shape index (κ2) is 5.25. The lowest BCUT2D eigenvalue weighted by molar-refractivity contribution is 0.606. The number of para-hydroxylation sites is 1. The van der Waals surface area contributed by atoms with E-state index < -0.39 is 5.82 Å². The molecule has 7 heteroatoms. The minimum atomic E-state index is -0.412. The number of nitrogens with two attached hydrogens (primary N) is 1. The van der Waals surface area contributed by atoms with Gasteiger partial charge in [-0.15, -0.1) is 5.10 Å². The molecule has 106 valence electrons. The fourth-order valence-corrected chi connectivity index (χ4v) is 2.53. The molecule has 0 atom stereocenters. The molecule has 21 heavy (non-hydrogen) atoms. The van der Waals surface area contributed by atoms with Crippen LogP contribution < -0.4 is 5.73 Å². The van der Waals surface area contributed by atoms with Gasteiger partial charge in [0.2, 0.25) is 0 Å². The summed E-state index contributed by atoms with van der Waals surface area (Å²) in [5, 5.41) is 11.5. The number of rotatable bonds is 2. The molecule has 5 nitrogen and oxygen atoms in total. The van der Waals surface area contributed by atoms with E-state index in [-0.39, 0.29) is 5.69 Å². The number of hydrogen-bond donors (Lipinski definition) is 1. The highest BCUT2D eigenvalue weighted by atomic mass is 79.9. The monoisotopic (exact) mass is 347 g/mol. The molecule has 1 heterocycles. The smallest absolute Gasteiger partial charge is 0.187 e. The molecule has 0 fully saturated rings. The Morgan fingerprint density at radius 3 is 2.76 bits per heavy atom. The minimum Gasteiger partial charge on any atom is -0.399 e. The van der Waals surface area contributed by atoms with Crippen molar-refractivity contribution in [2.24, 2.45) is 0 Å². The van der Waals surface area contributed by atoms with Crippen LogP contribution in [0, 0.1) is 12.7 Å². The third-order valence-electron chi connectivity index (χ3n) is 3.15. The van der Waals surface area contributed by atoms with Gasteiger partial charge in [0, 0.05) is 15.7 Å². The van der Waals surface area contributed by atoms with E-state index >= 15 is 0 Å². The third kappa shape index (κ3) is 2.40. The fourth-order valence-electron chi connectivity index (χ4n) is 2.02. The number of tetrazole rings is 1. The lowest BCUT2D eigenvalue weighted by Gasteiger charge is -2.09. The Balaban J connectivity index is 2.20. The van der Waals surface area contributed by atoms with Crippen LogP contribution in [0.3, 0.4) is 0 Å². The summed E-state index contributed by atoms with van der Waals surface area (Å²) >= 11 is 3.32. The first-order valence-electron chi connectivity index (χ1n) is 6.17. The van der Waals surface area contributed by atoms with Crippen molar-refractivity contribution in [1.82, 2.24) is 20.2 Å². The number of hydrogen-bond acceptors (Lipinski definition) is 4. The number of nitrogens with zero attached hydrogens (tertiary/aromatic N) is 4. The number of halogens is 2. The predicted molar refractivity (Wildman–Crippen MR) is 81.4 cm³/mol. The van der Waals surface area contributed by atoms with E-state index in [1.165, 1.54) is 10.7 Å². The van der Waals surface area contributed by atoms with Crippen LogP contribution in [0.25, 0.3) is 17.1 Å². The Morgan fingerprint density at radius 1 is 1.24 bits per heavy atom. The summed E-state index contributed by atoms with van der Waals surface area (Å²) in [5.41, 5.74) is 8.45. The first-order chi connectivity index (χ1) is 10.1. The summed E-state index contributed by atoms with van der Waals surface area (Å²) in [6.07, 6.45) is 0. The molecule has 0 saturated heterocycles. The van der Waals surface area contributed by atoms with Gasteiger partial charge < -0.3 is 5.73 Å². The molecular weight excluding hydrogens is 337 g/mol. The lowest BCUT2D eigenvalue weighted by Crippen LogP contribution is -2.04. The second-order valence-electron chi connectivity index (χ2n) is 4.56. The van der Waals surface area contributed by atoms with E-state index in [0.29, 0.717) is 16.0 Å². The highest BCUT2D eigenvalue weighted by Crippen LogP contribution is 2.28. The van der Waals surface area contributed by atoms with Crippen LogP contribution in [-0.2, 0) is 0 Å². The summed E-state index contributed by atoms with van der Waals surface area (Å²) in [4.78, 5) is 0. The zero-order valence-corrected chi connectivity index (χ0v) is 12.7. The summed E-state index contributed by atoms with van der Waals surface area (Å²) < 4.78 is 16.0. The van der Waals surface area contributed by atoms with Gasteiger partial charge in [-0.1, -0.05) is 6.07 Å². The molecule has 0 amide bonds. The van der Waals surface area contributed by atoms with Gasteiger partial charge in [0.25, 0.3) is 0 Å². The predicted octanol–water partition coefficient (Wildman–Crippen LogP) is 3.12. The number of nitrogen functional groups attached to an aromatic ring is 1. The van der Waals surface area contributed by atoms with Gasteiger partial charge in [-0.25, -0.2) is 4.39 Å². The number of anilines is 1. The standard InChI is InChI=1S/C14H11BrFN5/c1-8-7-9(5-6-12(8)17)14-18-19-20-21(14)13-10(15)3-2-4-11(13)16/h2-7H,17H2,1H3. The molecule has 2 aromatic carbocycles. The number of aryl methyl sites for hydroxylation is 1. The number of aromatic nitrogens is 4. The molecular formula is C14H11BrFN5. The molecule has 0 bridgehead atoms. The van der Waals surface area contributed by atoms with E-state index in [9.17, 15) is 4.39 Å². The Kier molecular flexibility index (Phi) is 3.42. The summed E-state index contributed by atoms with van der Waals surface area (Å²) in [6, 6.07) is 10.2. The van der Waals surface area contributed by atoms with Gasteiger partial charge in [-0.2, -0.15) is 4.68 Å². The molecule has 0 aliphatic carbocycles. The SMILES string of the molecule is Cc1cc(-c2nnnn2-c2c(F)cccc2Br)ccc1N. The average molecular weight is 348 g/mol. The molecule has 0 aliphatic heterocycles. The van der Waals surface area contributed by atoms with Gasteiger partial charge in [0.1, 0.15) is 11.5 Å². The van der Waals surface area contributed by atoms with Crippen molar-refractivity contribution in [2.75, 3.05) is 5.73 Å². The molecule has 0 radical (unpaired) electrons. The molecule has 0 saturated carbocycles. The van der Waals surface area contributed by atoms with Gasteiger partial charge >= 0.3 is 0 Å². The summed E-state index contributed by atoms with van der Waals surface area (Å²) in [6.45, 7) is 1.89. The zero-order valence-electron chi connectivity index (χ0n) is 11.1. The average Bonchev–Trinajstić information content (AvgIpc) is 2.91. The Morgan fingerprint density at radius 2 is 2.05 bits per heavy atom. The number of benzene rings is 2. The maximum atomic E-state index is 14.1. The normalized spacial score (nSPS) is 10.8. The first-order valence-corrected chi connectivity index (χ1v) is 6.96. The van der Waals surface area contributed by atoms with Crippen molar-refractivity contribution in [1.29, 1.82) is 0 Å². The van der Waals surface area contributed by atoms with Crippen LogP contribution in [0.5, 0.6) is 0 Å². The highest BCUT2D eigenvalue weighted by molar-refractivity contribution is 9.10. The van der Waals surface area contributed by atoms with Gasteiger partial charge in [-0.3, -0.25) is 0 Å². The van der Waals surface area contributed by atoms with E-state index in [2.05, 4.69) is 31.5 Å². The zero-order chi connectivity index (χ0) is 15.0. The second-order valence-corrected chi connectivity index (χ2v) is 5.41. The van der Waals surface area contributed by atoms with Crippen molar-refractivity contribution in [2.45, 2.75) is 6.92 Å². The third-order valence-corrected chi connectivity index (χ3v) is 3.79. The van der Waals surface area contributed by atoms with Gasteiger partial charge in [0.05, 0.1) is 0 Å². The maximum Gasteiger partial charge on any atom is 0.187 e. The van der Waals surface area contributed by atoms with Crippen molar-refractivity contribution < 1.29 is 4.39 Å². The van der Waals surface area contributed by atoms with Crippen molar-refractivity contribution in [3.05, 3.63) is 52.3 Å². The molecule has 2 N–H and O–H groups in total. The van der Waals surface area contributed by atoms with Gasteiger partial charge in [0.15, 0.2) is 5.82 Å². The van der Waals surface area contributed by atoms with Crippen LogP contribution in [0.4, 0.5) is 10.1 Å². The van der Waals surface area contributed by atoms with Crippen LogP contribution >= 0.6 is 15.9 Å². The Hall–Kier alpha value is -2.28. The van der Waals surface area contributed by atoms with Gasteiger partial charge in [-0.05, 0) is 69.2 Å². The van der Waals surface area contributed by atoms with E-state index in [4.69, 9.17) is 5.73 Å². The van der Waals surface area contributed by atoms with E-state index in [1.807, 2.05) is 13.0 Å². The molecule has 3 aromatic rings. The molecule has 0 spiro atoms. The largest absolute Gasteiger partial charge is 0.399 e. The van der Waals surface area contributed by atoms with Crippen molar-refractivity contribution in [3.8, 4) is 17.1 Å². The molecule has 1 aromatic heterocycles. The summed E-state index contributed by atoms with van der Waals surface area (Å²) in [7, 11) is 0. The van der Waals surface area contributed by atoms with Crippen molar-refractivity contribution in [3.63, 3.8) is 0 Å². The van der Waals surface area contributed by atoms with Crippen LogP contribution in [-0.4, -0.2) is 20.2 Å². The quantitative estimate of drug-likeness (QED) is 0.723. The topological polar surface area (TPSA) is 69.6 Å². The van der Waals surface area contributed by atoms with Crippen LogP contribution in [0.2, 0.25) is 0 Å².